The summed E-state index contributed by atoms with van der Waals surface area (Å²) in [7, 11) is 0. The third-order valence-electron chi connectivity index (χ3n) is 4.32. The first kappa shape index (κ1) is 12.8. The van der Waals surface area contributed by atoms with Crippen LogP contribution in [0.25, 0.3) is 0 Å². The molecule has 1 saturated heterocycles. The summed E-state index contributed by atoms with van der Waals surface area (Å²) in [5.74, 6) is 0.174. The lowest BCUT2D eigenvalue weighted by atomic mass is 10.0. The van der Waals surface area contributed by atoms with E-state index in [9.17, 15) is 9.90 Å². The number of nitrogens with zero attached hydrogens (tertiary/aromatic N) is 1. The monoisotopic (exact) mass is 259 g/mol. The molecule has 0 radical (unpaired) electrons. The van der Waals surface area contributed by atoms with Crippen LogP contribution in [0.2, 0.25) is 0 Å². The third-order valence-corrected chi connectivity index (χ3v) is 4.32. The molecule has 1 heterocycles. The molecule has 3 nitrogen and oxygen atoms in total. The second kappa shape index (κ2) is 4.73. The van der Waals surface area contributed by atoms with Crippen LogP contribution in [0.4, 0.5) is 0 Å². The number of aliphatic hydroxyl groups is 1. The van der Waals surface area contributed by atoms with Crippen LogP contribution < -0.4 is 0 Å². The number of β-amino-alcohol motifs (C(OH)–C–C–N with tert-alkyl or cyclic N) is 1. The van der Waals surface area contributed by atoms with E-state index in [0.29, 0.717) is 13.1 Å². The number of hydrogen-bond acceptors (Lipinski definition) is 3. The van der Waals surface area contributed by atoms with Crippen molar-refractivity contribution < 1.29 is 9.90 Å². The molecular formula is C16H21NO2. The number of ketones is 1. The fraction of sp³-hybridized carbons (Fsp3) is 0.562. The summed E-state index contributed by atoms with van der Waals surface area (Å²) in [6.07, 6.45) is 4.22. The number of Topliss-reactive ketones (excluding diaryl/α,β-unsaturated/α-hetero) is 1. The van der Waals surface area contributed by atoms with E-state index >= 15 is 0 Å². The van der Waals surface area contributed by atoms with Gasteiger partial charge in [0.15, 0.2) is 5.78 Å². The molecule has 1 aromatic rings. The summed E-state index contributed by atoms with van der Waals surface area (Å²) in [4.78, 5) is 14.3. The Hall–Kier alpha value is -1.19. The fourth-order valence-corrected chi connectivity index (χ4v) is 3.21. The van der Waals surface area contributed by atoms with Gasteiger partial charge in [0, 0.05) is 18.7 Å². The molecule has 0 amide bonds. The number of hydrogen-bond donors (Lipinski definition) is 1. The van der Waals surface area contributed by atoms with E-state index in [4.69, 9.17) is 0 Å². The summed E-state index contributed by atoms with van der Waals surface area (Å²) in [6, 6.07) is 6.13. The lowest BCUT2D eigenvalue weighted by molar-refractivity contribution is 0.0669. The average molecular weight is 259 g/mol. The highest BCUT2D eigenvalue weighted by atomic mass is 16.3. The maximum absolute atomic E-state index is 12.3. The SMILES string of the molecule is CC1(O)CCN(CC(=O)c2ccc3c(c2)CCC3)C1. The molecule has 1 aliphatic carbocycles. The molecule has 1 fully saturated rings. The van der Waals surface area contributed by atoms with Gasteiger partial charge in [0.05, 0.1) is 12.1 Å². The molecule has 0 bridgehead atoms. The highest BCUT2D eigenvalue weighted by Crippen LogP contribution is 2.24. The highest BCUT2D eigenvalue weighted by Gasteiger charge is 2.32. The second-order valence-electron chi connectivity index (χ2n) is 6.22. The van der Waals surface area contributed by atoms with Crippen LogP contribution in [-0.2, 0) is 12.8 Å². The number of likely N-dealkylation sites (tertiary alicyclic amines) is 1. The van der Waals surface area contributed by atoms with Gasteiger partial charge in [-0.3, -0.25) is 9.69 Å². The molecule has 3 heteroatoms. The Morgan fingerprint density at radius 2 is 2.16 bits per heavy atom. The van der Waals surface area contributed by atoms with Gasteiger partial charge in [-0.05, 0) is 49.8 Å². The Bertz CT molecular complexity index is 507. The summed E-state index contributed by atoms with van der Waals surface area (Å²) in [6.45, 7) is 3.68. The third kappa shape index (κ3) is 2.72. The number of carbonyl (C=O) groups is 1. The van der Waals surface area contributed by atoms with Gasteiger partial charge < -0.3 is 5.11 Å². The van der Waals surface area contributed by atoms with Crippen molar-refractivity contribution in [1.29, 1.82) is 0 Å². The van der Waals surface area contributed by atoms with Crippen molar-refractivity contribution in [2.45, 2.75) is 38.2 Å². The molecule has 0 spiro atoms. The molecule has 0 saturated carbocycles. The standard InChI is InChI=1S/C16H21NO2/c1-16(19)7-8-17(11-16)10-15(18)14-6-5-12-3-2-4-13(12)9-14/h5-6,9,19H,2-4,7-8,10-11H2,1H3. The van der Waals surface area contributed by atoms with Crippen molar-refractivity contribution in [3.8, 4) is 0 Å². The van der Waals surface area contributed by atoms with Crippen molar-refractivity contribution in [2.75, 3.05) is 19.6 Å². The van der Waals surface area contributed by atoms with Crippen molar-refractivity contribution in [1.82, 2.24) is 4.90 Å². The van der Waals surface area contributed by atoms with Crippen molar-refractivity contribution in [3.05, 3.63) is 34.9 Å². The van der Waals surface area contributed by atoms with E-state index in [1.165, 1.54) is 17.5 Å². The van der Waals surface area contributed by atoms with Crippen LogP contribution in [0.5, 0.6) is 0 Å². The summed E-state index contributed by atoms with van der Waals surface area (Å²) < 4.78 is 0. The summed E-state index contributed by atoms with van der Waals surface area (Å²) in [5.41, 5.74) is 2.95. The topological polar surface area (TPSA) is 40.5 Å². The zero-order valence-corrected chi connectivity index (χ0v) is 11.5. The Kier molecular flexibility index (Phi) is 3.19. The first-order valence-corrected chi connectivity index (χ1v) is 7.13. The largest absolute Gasteiger partial charge is 0.389 e. The smallest absolute Gasteiger partial charge is 0.176 e. The average Bonchev–Trinajstić information content (AvgIpc) is 2.94. The van der Waals surface area contributed by atoms with Gasteiger partial charge in [0.1, 0.15) is 0 Å². The van der Waals surface area contributed by atoms with E-state index in [1.807, 2.05) is 13.0 Å². The molecule has 1 N–H and O–H groups in total. The van der Waals surface area contributed by atoms with Gasteiger partial charge in [-0.15, -0.1) is 0 Å². The van der Waals surface area contributed by atoms with Crippen molar-refractivity contribution >= 4 is 5.78 Å². The quantitative estimate of drug-likeness (QED) is 0.842. The van der Waals surface area contributed by atoms with Gasteiger partial charge >= 0.3 is 0 Å². The lowest BCUT2D eigenvalue weighted by Gasteiger charge is -2.18. The lowest BCUT2D eigenvalue weighted by Crippen LogP contribution is -2.33. The van der Waals surface area contributed by atoms with Crippen LogP contribution >= 0.6 is 0 Å². The van der Waals surface area contributed by atoms with E-state index in [-0.39, 0.29) is 5.78 Å². The Labute approximate surface area is 114 Å². The number of benzene rings is 1. The molecule has 3 rings (SSSR count). The van der Waals surface area contributed by atoms with Crippen LogP contribution in [0.3, 0.4) is 0 Å². The van der Waals surface area contributed by atoms with E-state index in [1.54, 1.807) is 0 Å². The van der Waals surface area contributed by atoms with Gasteiger partial charge in [0.2, 0.25) is 0 Å². The zero-order chi connectivity index (χ0) is 13.5. The Morgan fingerprint density at radius 1 is 1.37 bits per heavy atom. The number of rotatable bonds is 3. The number of fused-ring (bicyclic) bond motifs is 1. The minimum Gasteiger partial charge on any atom is -0.389 e. The molecule has 0 aromatic heterocycles. The van der Waals surface area contributed by atoms with Crippen molar-refractivity contribution in [3.63, 3.8) is 0 Å². The van der Waals surface area contributed by atoms with Gasteiger partial charge in [0.25, 0.3) is 0 Å². The molecular weight excluding hydrogens is 238 g/mol. The van der Waals surface area contributed by atoms with Crippen LogP contribution in [0, 0.1) is 0 Å². The molecule has 1 aliphatic heterocycles. The molecule has 1 atom stereocenters. The Balaban J connectivity index is 1.68. The van der Waals surface area contributed by atoms with Crippen LogP contribution in [0.15, 0.2) is 18.2 Å². The van der Waals surface area contributed by atoms with E-state index < -0.39 is 5.60 Å². The van der Waals surface area contributed by atoms with Gasteiger partial charge in [-0.25, -0.2) is 0 Å². The van der Waals surface area contributed by atoms with E-state index in [2.05, 4.69) is 17.0 Å². The first-order chi connectivity index (χ1) is 9.03. The Morgan fingerprint density at radius 3 is 2.89 bits per heavy atom. The fourth-order valence-electron chi connectivity index (χ4n) is 3.21. The first-order valence-electron chi connectivity index (χ1n) is 7.13. The van der Waals surface area contributed by atoms with Crippen molar-refractivity contribution in [2.24, 2.45) is 0 Å². The second-order valence-corrected chi connectivity index (χ2v) is 6.22. The highest BCUT2D eigenvalue weighted by molar-refractivity contribution is 5.97. The molecule has 2 aliphatic rings. The minimum absolute atomic E-state index is 0.174. The molecule has 1 aromatic carbocycles. The van der Waals surface area contributed by atoms with Gasteiger partial charge in [-0.1, -0.05) is 12.1 Å². The molecule has 102 valence electrons. The molecule has 19 heavy (non-hydrogen) atoms. The number of aryl methyl sites for hydroxylation is 2. The maximum atomic E-state index is 12.3. The van der Waals surface area contributed by atoms with Gasteiger partial charge in [-0.2, -0.15) is 0 Å². The molecule has 1 unspecified atom stereocenters. The normalized spacial score (nSPS) is 26.6. The summed E-state index contributed by atoms with van der Waals surface area (Å²) in [5, 5.41) is 9.92. The predicted molar refractivity (Wildman–Crippen MR) is 74.5 cm³/mol. The minimum atomic E-state index is -0.627. The van der Waals surface area contributed by atoms with Crippen LogP contribution in [-0.4, -0.2) is 41.0 Å². The predicted octanol–water partition coefficient (Wildman–Crippen LogP) is 1.81. The number of carbonyl (C=O) groups excluding carboxylic acids is 1. The summed E-state index contributed by atoms with van der Waals surface area (Å²) >= 11 is 0. The van der Waals surface area contributed by atoms with Crippen LogP contribution in [0.1, 0.15) is 41.3 Å². The zero-order valence-electron chi connectivity index (χ0n) is 11.5. The van der Waals surface area contributed by atoms with E-state index in [0.717, 1.165) is 31.4 Å². The maximum Gasteiger partial charge on any atom is 0.176 e.